The molecule has 7 heteroatoms. The molecule has 3 heterocycles. The molecule has 2 fully saturated rings. The van der Waals surface area contributed by atoms with Gasteiger partial charge >= 0.3 is 6.03 Å². The summed E-state index contributed by atoms with van der Waals surface area (Å²) < 4.78 is 5.31. The van der Waals surface area contributed by atoms with Crippen LogP contribution in [-0.2, 0) is 4.79 Å². The predicted octanol–water partition coefficient (Wildman–Crippen LogP) is 1.50. The second kappa shape index (κ2) is 6.37. The van der Waals surface area contributed by atoms with Gasteiger partial charge in [-0.1, -0.05) is 5.16 Å². The molecule has 0 radical (unpaired) electrons. The second-order valence-corrected chi connectivity index (χ2v) is 6.01. The molecule has 0 spiro atoms. The lowest BCUT2D eigenvalue weighted by molar-refractivity contribution is -0.122. The highest BCUT2D eigenvalue weighted by atomic mass is 16.5. The number of urea groups is 1. The van der Waals surface area contributed by atoms with Gasteiger partial charge in [0.25, 0.3) is 0 Å². The number of nitrogens with one attached hydrogen (secondary N) is 2. The average Bonchev–Trinajstić information content (AvgIpc) is 3.09. The topological polar surface area (TPSA) is 87.5 Å². The van der Waals surface area contributed by atoms with E-state index in [0.29, 0.717) is 19.5 Å². The molecule has 0 bridgehead atoms. The quantitative estimate of drug-likeness (QED) is 0.866. The first-order chi connectivity index (χ1) is 10.6. The molecule has 0 unspecified atom stereocenters. The van der Waals surface area contributed by atoms with Crippen molar-refractivity contribution >= 4 is 11.9 Å². The van der Waals surface area contributed by atoms with Gasteiger partial charge in [-0.2, -0.15) is 0 Å². The van der Waals surface area contributed by atoms with Crippen molar-refractivity contribution in [3.63, 3.8) is 0 Å². The van der Waals surface area contributed by atoms with Crippen LogP contribution in [0, 0.1) is 6.92 Å². The van der Waals surface area contributed by atoms with Gasteiger partial charge in [0, 0.05) is 19.2 Å². The van der Waals surface area contributed by atoms with E-state index in [4.69, 9.17) is 4.52 Å². The number of hydrogen-bond donors (Lipinski definition) is 2. The Morgan fingerprint density at radius 2 is 2.27 bits per heavy atom. The molecule has 2 saturated heterocycles. The Labute approximate surface area is 129 Å². The molecule has 2 aliphatic heterocycles. The molecule has 22 heavy (non-hydrogen) atoms. The van der Waals surface area contributed by atoms with Crippen molar-refractivity contribution in [2.24, 2.45) is 0 Å². The number of carbonyl (C=O) groups is 2. The van der Waals surface area contributed by atoms with Crippen LogP contribution in [0.3, 0.4) is 0 Å². The van der Waals surface area contributed by atoms with Gasteiger partial charge in [-0.3, -0.25) is 4.79 Å². The van der Waals surface area contributed by atoms with Gasteiger partial charge < -0.3 is 20.1 Å². The Morgan fingerprint density at radius 3 is 3.05 bits per heavy atom. The summed E-state index contributed by atoms with van der Waals surface area (Å²) in [7, 11) is 0. The first-order valence-electron chi connectivity index (χ1n) is 7.93. The number of aryl methyl sites for hydroxylation is 1. The maximum Gasteiger partial charge on any atom is 0.318 e. The van der Waals surface area contributed by atoms with Crippen LogP contribution in [-0.4, -0.2) is 41.1 Å². The van der Waals surface area contributed by atoms with Crippen LogP contribution in [0.1, 0.15) is 49.6 Å². The molecule has 3 amide bonds. The van der Waals surface area contributed by atoms with Crippen LogP contribution in [0.15, 0.2) is 10.6 Å². The van der Waals surface area contributed by atoms with Gasteiger partial charge in [-0.05, 0) is 39.0 Å². The summed E-state index contributed by atoms with van der Waals surface area (Å²) in [5, 5.41) is 9.60. The largest absolute Gasteiger partial charge is 0.359 e. The maximum absolute atomic E-state index is 12.5. The van der Waals surface area contributed by atoms with Crippen LogP contribution in [0.2, 0.25) is 0 Å². The minimum absolute atomic E-state index is 0.0860. The highest BCUT2D eigenvalue weighted by Crippen LogP contribution is 2.32. The molecular formula is C15H22N4O3. The van der Waals surface area contributed by atoms with Gasteiger partial charge in [0.1, 0.15) is 6.04 Å². The van der Waals surface area contributed by atoms with Crippen LogP contribution in [0.5, 0.6) is 0 Å². The predicted molar refractivity (Wildman–Crippen MR) is 79.1 cm³/mol. The number of hydrogen-bond acceptors (Lipinski definition) is 4. The summed E-state index contributed by atoms with van der Waals surface area (Å²) in [4.78, 5) is 26.2. The Kier molecular flexibility index (Phi) is 4.31. The fraction of sp³-hybridized carbons (Fsp3) is 0.667. The third kappa shape index (κ3) is 3.08. The lowest BCUT2D eigenvalue weighted by Crippen LogP contribution is -2.50. The molecule has 0 aromatic carbocycles. The van der Waals surface area contributed by atoms with Gasteiger partial charge in [0.2, 0.25) is 5.91 Å². The summed E-state index contributed by atoms with van der Waals surface area (Å²) >= 11 is 0. The molecule has 2 atom stereocenters. The first kappa shape index (κ1) is 14.9. The van der Waals surface area contributed by atoms with E-state index < -0.39 is 6.04 Å². The zero-order chi connectivity index (χ0) is 15.5. The third-order valence-electron chi connectivity index (χ3n) is 4.32. The standard InChI is InChI=1S/C15H22N4O3/c1-10-9-13(22-18-10)12-6-4-8-19(12)15(21)17-11-5-2-3-7-16-14(11)20/h9,11-12H,2-8H2,1H3,(H,16,20)(H,17,21)/t11-,12+/m0/s1. The monoisotopic (exact) mass is 306 g/mol. The van der Waals surface area contributed by atoms with Crippen molar-refractivity contribution in [1.29, 1.82) is 0 Å². The van der Waals surface area contributed by atoms with E-state index in [9.17, 15) is 9.59 Å². The number of likely N-dealkylation sites (tertiary alicyclic amines) is 1. The Morgan fingerprint density at radius 1 is 1.41 bits per heavy atom. The molecule has 0 saturated carbocycles. The number of nitrogens with zero attached hydrogens (tertiary/aromatic N) is 2. The number of carbonyl (C=O) groups excluding carboxylic acids is 2. The van der Waals surface area contributed by atoms with E-state index in [1.807, 2.05) is 13.0 Å². The lowest BCUT2D eigenvalue weighted by Gasteiger charge is -2.25. The minimum Gasteiger partial charge on any atom is -0.359 e. The number of amides is 3. The van der Waals surface area contributed by atoms with Gasteiger partial charge in [0.05, 0.1) is 11.7 Å². The fourth-order valence-corrected chi connectivity index (χ4v) is 3.15. The zero-order valence-electron chi connectivity index (χ0n) is 12.8. The van der Waals surface area contributed by atoms with E-state index >= 15 is 0 Å². The zero-order valence-corrected chi connectivity index (χ0v) is 12.8. The minimum atomic E-state index is -0.437. The maximum atomic E-state index is 12.5. The van der Waals surface area contributed by atoms with Gasteiger partial charge in [-0.25, -0.2) is 4.79 Å². The summed E-state index contributed by atoms with van der Waals surface area (Å²) in [6.07, 6.45) is 4.38. The van der Waals surface area contributed by atoms with E-state index in [1.54, 1.807) is 4.90 Å². The molecule has 3 rings (SSSR count). The smallest absolute Gasteiger partial charge is 0.318 e. The van der Waals surface area contributed by atoms with Crippen molar-refractivity contribution in [3.05, 3.63) is 17.5 Å². The highest BCUT2D eigenvalue weighted by molar-refractivity contribution is 5.87. The summed E-state index contributed by atoms with van der Waals surface area (Å²) in [5.41, 5.74) is 0.811. The molecule has 2 N–H and O–H groups in total. The molecular weight excluding hydrogens is 284 g/mol. The van der Waals surface area contributed by atoms with Crippen LogP contribution < -0.4 is 10.6 Å². The third-order valence-corrected chi connectivity index (χ3v) is 4.32. The van der Waals surface area contributed by atoms with Crippen molar-refractivity contribution in [2.75, 3.05) is 13.1 Å². The van der Waals surface area contributed by atoms with Gasteiger partial charge in [0.15, 0.2) is 5.76 Å². The second-order valence-electron chi connectivity index (χ2n) is 6.01. The fourth-order valence-electron chi connectivity index (χ4n) is 3.15. The van der Waals surface area contributed by atoms with Crippen molar-refractivity contribution in [2.45, 2.75) is 51.1 Å². The van der Waals surface area contributed by atoms with E-state index in [2.05, 4.69) is 15.8 Å². The van der Waals surface area contributed by atoms with Crippen molar-refractivity contribution < 1.29 is 14.1 Å². The first-order valence-corrected chi connectivity index (χ1v) is 7.93. The summed E-state index contributed by atoms with van der Waals surface area (Å²) in [6.45, 7) is 3.22. The molecule has 7 nitrogen and oxygen atoms in total. The lowest BCUT2D eigenvalue weighted by atomic mass is 10.1. The van der Waals surface area contributed by atoms with Crippen LogP contribution in [0.25, 0.3) is 0 Å². The number of aromatic nitrogens is 1. The normalized spacial score (nSPS) is 25.7. The number of rotatable bonds is 2. The van der Waals surface area contributed by atoms with Crippen molar-refractivity contribution in [3.8, 4) is 0 Å². The van der Waals surface area contributed by atoms with Crippen molar-refractivity contribution in [1.82, 2.24) is 20.7 Å². The van der Waals surface area contributed by atoms with Crippen LogP contribution in [0.4, 0.5) is 4.79 Å². The van der Waals surface area contributed by atoms with E-state index in [1.165, 1.54) is 0 Å². The Bertz CT molecular complexity index is 557. The molecule has 2 aliphatic rings. The van der Waals surface area contributed by atoms with Gasteiger partial charge in [-0.15, -0.1) is 0 Å². The SMILES string of the molecule is Cc1cc([C@H]2CCCN2C(=O)N[C@H]2CCCCNC2=O)on1. The Hall–Kier alpha value is -2.05. The molecule has 1 aromatic heterocycles. The Balaban J connectivity index is 1.66. The average molecular weight is 306 g/mol. The highest BCUT2D eigenvalue weighted by Gasteiger charge is 2.34. The van der Waals surface area contributed by atoms with E-state index in [-0.39, 0.29) is 18.0 Å². The summed E-state index contributed by atoms with van der Waals surface area (Å²) in [5.74, 6) is 0.632. The van der Waals surface area contributed by atoms with E-state index in [0.717, 1.165) is 37.1 Å². The molecule has 120 valence electrons. The molecule has 1 aromatic rings. The summed E-state index contributed by atoms with van der Waals surface area (Å²) in [6, 6.07) is 1.15. The molecule has 0 aliphatic carbocycles. The van der Waals surface area contributed by atoms with Crippen LogP contribution >= 0.6 is 0 Å².